The zero-order valence-corrected chi connectivity index (χ0v) is 23.3. The summed E-state index contributed by atoms with van der Waals surface area (Å²) in [5, 5.41) is 45.8. The summed E-state index contributed by atoms with van der Waals surface area (Å²) in [6.45, 7) is 2.97. The van der Waals surface area contributed by atoms with E-state index in [1.807, 2.05) is 0 Å². The molecule has 0 heterocycles. The van der Waals surface area contributed by atoms with Crippen LogP contribution >= 0.6 is 0 Å². The summed E-state index contributed by atoms with van der Waals surface area (Å²) in [4.78, 5) is 105. The third kappa shape index (κ3) is 16.5. The minimum absolute atomic E-state index is 0.0858. The van der Waals surface area contributed by atoms with Gasteiger partial charge in [-0.15, -0.1) is 0 Å². The van der Waals surface area contributed by atoms with Crippen molar-refractivity contribution in [3.05, 3.63) is 0 Å². The van der Waals surface area contributed by atoms with Crippen LogP contribution in [0, 0.1) is 0 Å². The molecule has 0 unspecified atom stereocenters. The Labute approximate surface area is 240 Å². The largest absolute Gasteiger partial charge is 0.480 e. The van der Waals surface area contributed by atoms with E-state index in [2.05, 4.69) is 21.3 Å². The molecule has 17 heteroatoms. The molecule has 0 aromatic carbocycles. The van der Waals surface area contributed by atoms with Gasteiger partial charge in [-0.2, -0.15) is 0 Å². The maximum Gasteiger partial charge on any atom is 0.326 e. The van der Waals surface area contributed by atoms with E-state index >= 15 is 0 Å². The van der Waals surface area contributed by atoms with Gasteiger partial charge in [-0.3, -0.25) is 19.2 Å². The number of carboxylic acid groups (broad SMARTS) is 4. The van der Waals surface area contributed by atoms with Crippen LogP contribution in [-0.4, -0.2) is 97.9 Å². The molecule has 42 heavy (non-hydrogen) atoms. The molecule has 4 atom stereocenters. The summed E-state index contributed by atoms with van der Waals surface area (Å²) in [5.74, 6) is -9.16. The normalized spacial score (nSPS) is 13.4. The predicted octanol–water partition coefficient (Wildman–Crippen LogP) is -1.23. The van der Waals surface area contributed by atoms with Gasteiger partial charge in [0.2, 0.25) is 23.6 Å². The highest BCUT2D eigenvalue weighted by Gasteiger charge is 2.27. The van der Waals surface area contributed by atoms with Crippen LogP contribution in [0.4, 0.5) is 0 Å². The molecule has 4 amide bonds. The molecule has 0 aromatic heterocycles. The van der Waals surface area contributed by atoms with Crippen LogP contribution in [0.2, 0.25) is 0 Å². The molecule has 0 aliphatic heterocycles. The summed E-state index contributed by atoms with van der Waals surface area (Å²) in [6.07, 6.45) is -2.35. The summed E-state index contributed by atoms with van der Waals surface area (Å²) in [5.41, 5.74) is 0. The monoisotopic (exact) mass is 602 g/mol. The van der Waals surface area contributed by atoms with Crippen molar-refractivity contribution in [3.8, 4) is 0 Å². The predicted molar refractivity (Wildman–Crippen MR) is 141 cm³/mol. The molecule has 0 saturated heterocycles. The lowest BCUT2D eigenvalue weighted by atomic mass is 10.1. The Morgan fingerprint density at radius 2 is 0.690 bits per heavy atom. The zero-order valence-electron chi connectivity index (χ0n) is 23.3. The zero-order chi connectivity index (χ0) is 32.4. The van der Waals surface area contributed by atoms with Crippen molar-refractivity contribution >= 4 is 53.3 Å². The molecular formula is C25H38N4O13. The average molecular weight is 603 g/mol. The molecule has 0 rings (SSSR count). The maximum atomic E-state index is 12.3. The molecule has 0 spiro atoms. The fraction of sp³-hybridized carbons (Fsp3) is 0.640. The van der Waals surface area contributed by atoms with Crippen LogP contribution < -0.4 is 21.3 Å². The smallest absolute Gasteiger partial charge is 0.326 e. The second kappa shape index (κ2) is 19.5. The summed E-state index contributed by atoms with van der Waals surface area (Å²) >= 11 is 0. The highest BCUT2D eigenvalue weighted by atomic mass is 16.4. The van der Waals surface area contributed by atoms with Crippen LogP contribution in [0.1, 0.15) is 78.1 Å². The highest BCUT2D eigenvalue weighted by molar-refractivity contribution is 5.88. The topological polar surface area (TPSA) is 283 Å². The summed E-state index contributed by atoms with van der Waals surface area (Å²) in [6, 6.07) is -5.87. The summed E-state index contributed by atoms with van der Waals surface area (Å²) in [7, 11) is 0. The van der Waals surface area contributed by atoms with Gasteiger partial charge in [-0.1, -0.05) is 6.92 Å². The molecule has 0 aromatic rings. The van der Waals surface area contributed by atoms with E-state index in [4.69, 9.17) is 5.11 Å². The quantitative estimate of drug-likeness (QED) is 0.0721. The van der Waals surface area contributed by atoms with E-state index in [9.17, 15) is 58.5 Å². The van der Waals surface area contributed by atoms with E-state index in [1.54, 1.807) is 6.92 Å². The van der Waals surface area contributed by atoms with Gasteiger partial charge >= 0.3 is 23.9 Å². The molecular weight excluding hydrogens is 564 g/mol. The number of Topliss-reactive ketones (excluding diaryl/α,β-unsaturated/α-hetero) is 1. The molecule has 0 aliphatic rings. The maximum absolute atomic E-state index is 12.3. The number of amides is 4. The Hall–Kier alpha value is -4.57. The van der Waals surface area contributed by atoms with Gasteiger partial charge in [-0.25, -0.2) is 19.2 Å². The van der Waals surface area contributed by atoms with Crippen molar-refractivity contribution in [1.29, 1.82) is 0 Å². The van der Waals surface area contributed by atoms with Gasteiger partial charge in [0.05, 0.1) is 0 Å². The van der Waals surface area contributed by atoms with E-state index in [0.717, 1.165) is 0 Å². The third-order valence-corrected chi connectivity index (χ3v) is 5.78. The number of aliphatic carboxylic acids is 4. The molecule has 17 nitrogen and oxygen atoms in total. The lowest BCUT2D eigenvalue weighted by Crippen LogP contribution is -2.45. The number of carbonyl (C=O) groups is 9. The highest BCUT2D eigenvalue weighted by Crippen LogP contribution is 2.06. The van der Waals surface area contributed by atoms with E-state index in [1.165, 1.54) is 6.92 Å². The molecule has 0 saturated carbocycles. The van der Waals surface area contributed by atoms with E-state index in [0.29, 0.717) is 6.42 Å². The van der Waals surface area contributed by atoms with Crippen LogP contribution in [0.15, 0.2) is 0 Å². The van der Waals surface area contributed by atoms with Gasteiger partial charge in [-0.05, 0) is 39.0 Å². The third-order valence-electron chi connectivity index (χ3n) is 5.78. The second-order valence-corrected chi connectivity index (χ2v) is 9.44. The Morgan fingerprint density at radius 1 is 0.452 bits per heavy atom. The van der Waals surface area contributed by atoms with Gasteiger partial charge in [0, 0.05) is 32.1 Å². The Balaban J connectivity index is 4.89. The molecule has 8 N–H and O–H groups in total. The Kier molecular flexibility index (Phi) is 17.4. The van der Waals surface area contributed by atoms with Crippen LogP contribution in [-0.2, 0) is 43.2 Å². The standard InChI is InChI=1S/C25H38N4O13/c1-3-4-18(31)26-15(23(37)38)7-10-20(33)28-17(25(41)42)9-12-21(34)29-16(24(39)40)8-11-19(32)27-14(22(35)36)6-5-13(2)30/h14-17H,3-12H2,1-2H3,(H,26,31)(H,27,32)(H,28,33)(H,29,34)(H,35,36)(H,37,38)(H,39,40)(H,41,42)/t14-,15-,16-,17-/m0/s1. The number of rotatable bonds is 22. The minimum atomic E-state index is -1.57. The minimum Gasteiger partial charge on any atom is -0.480 e. The number of hydrogen-bond donors (Lipinski definition) is 8. The molecule has 0 radical (unpaired) electrons. The fourth-order valence-corrected chi connectivity index (χ4v) is 3.50. The van der Waals surface area contributed by atoms with Crippen molar-refractivity contribution in [3.63, 3.8) is 0 Å². The van der Waals surface area contributed by atoms with Crippen LogP contribution in [0.3, 0.4) is 0 Å². The van der Waals surface area contributed by atoms with E-state index < -0.39 is 104 Å². The first-order chi connectivity index (χ1) is 19.6. The van der Waals surface area contributed by atoms with Gasteiger partial charge in [0.1, 0.15) is 30.0 Å². The molecule has 236 valence electrons. The van der Waals surface area contributed by atoms with E-state index in [-0.39, 0.29) is 31.5 Å². The van der Waals surface area contributed by atoms with Gasteiger partial charge in [0.25, 0.3) is 0 Å². The molecule has 0 aliphatic carbocycles. The lowest BCUT2D eigenvalue weighted by molar-refractivity contribution is -0.144. The first kappa shape index (κ1) is 37.4. The number of ketones is 1. The fourth-order valence-electron chi connectivity index (χ4n) is 3.50. The SMILES string of the molecule is CCCC(=O)N[C@@H](CCC(=O)N[C@@H](CCC(=O)N[C@@H](CCC(=O)N[C@@H](CCC(C)=O)C(=O)O)C(=O)O)C(=O)O)C(=O)O. The van der Waals surface area contributed by atoms with Crippen molar-refractivity contribution in [2.24, 2.45) is 0 Å². The number of carboxylic acids is 4. The number of carbonyl (C=O) groups excluding carboxylic acids is 5. The number of nitrogens with one attached hydrogen (secondary N) is 4. The van der Waals surface area contributed by atoms with Crippen molar-refractivity contribution in [2.75, 3.05) is 0 Å². The second-order valence-electron chi connectivity index (χ2n) is 9.44. The van der Waals surface area contributed by atoms with Gasteiger partial charge in [0.15, 0.2) is 0 Å². The average Bonchev–Trinajstić information content (AvgIpc) is 2.88. The van der Waals surface area contributed by atoms with Crippen molar-refractivity contribution < 1.29 is 63.6 Å². The van der Waals surface area contributed by atoms with Crippen LogP contribution in [0.25, 0.3) is 0 Å². The lowest BCUT2D eigenvalue weighted by Gasteiger charge is -2.18. The number of hydrogen-bond acceptors (Lipinski definition) is 9. The first-order valence-electron chi connectivity index (χ1n) is 13.1. The Morgan fingerprint density at radius 3 is 0.905 bits per heavy atom. The first-order valence-corrected chi connectivity index (χ1v) is 13.1. The van der Waals surface area contributed by atoms with Gasteiger partial charge < -0.3 is 46.5 Å². The van der Waals surface area contributed by atoms with Crippen LogP contribution in [0.5, 0.6) is 0 Å². The molecule has 0 fully saturated rings. The van der Waals surface area contributed by atoms with Crippen molar-refractivity contribution in [1.82, 2.24) is 21.3 Å². The molecule has 0 bridgehead atoms. The van der Waals surface area contributed by atoms with Crippen molar-refractivity contribution in [2.45, 2.75) is 102 Å². The summed E-state index contributed by atoms with van der Waals surface area (Å²) < 4.78 is 0. The Bertz CT molecular complexity index is 1030.